The minimum Gasteiger partial charge on any atom is -0.496 e. The molecule has 1 aromatic rings. The number of hydrogen-bond acceptors (Lipinski definition) is 3. The molecule has 0 aliphatic carbocycles. The van der Waals surface area contributed by atoms with Gasteiger partial charge in [-0.2, -0.15) is 0 Å². The molecular formula is C13H19NO2. The second-order valence-electron chi connectivity index (χ2n) is 4.34. The van der Waals surface area contributed by atoms with Crippen molar-refractivity contribution < 1.29 is 9.84 Å². The fourth-order valence-electron chi connectivity index (χ4n) is 2.25. The van der Waals surface area contributed by atoms with E-state index in [2.05, 4.69) is 11.0 Å². The van der Waals surface area contributed by atoms with Gasteiger partial charge in [0.15, 0.2) is 0 Å². The van der Waals surface area contributed by atoms with Crippen LogP contribution in [0, 0.1) is 0 Å². The number of methoxy groups -OCH3 is 1. The van der Waals surface area contributed by atoms with Crippen LogP contribution in [0.1, 0.15) is 18.4 Å². The van der Waals surface area contributed by atoms with Crippen LogP contribution in [-0.4, -0.2) is 36.3 Å². The number of likely N-dealkylation sites (tertiary alicyclic amines) is 1. The normalized spacial score (nSPS) is 22.0. The van der Waals surface area contributed by atoms with E-state index in [4.69, 9.17) is 4.74 Å². The van der Waals surface area contributed by atoms with Crippen LogP contribution in [0.4, 0.5) is 0 Å². The topological polar surface area (TPSA) is 32.7 Å². The molecule has 16 heavy (non-hydrogen) atoms. The average Bonchev–Trinajstić information content (AvgIpc) is 2.30. The molecule has 1 fully saturated rings. The standard InChI is InChI=1S/C13H19NO2/c1-16-13-7-3-2-5-11(13)9-14-8-4-6-12(15)10-14/h2-3,5,7,12,15H,4,6,8-10H2,1H3/t12-/m1/s1. The van der Waals surface area contributed by atoms with Gasteiger partial charge in [0, 0.05) is 18.7 Å². The highest BCUT2D eigenvalue weighted by Gasteiger charge is 2.18. The molecule has 1 aliphatic heterocycles. The van der Waals surface area contributed by atoms with E-state index in [0.29, 0.717) is 0 Å². The summed E-state index contributed by atoms with van der Waals surface area (Å²) in [5.74, 6) is 0.933. The van der Waals surface area contributed by atoms with Crippen molar-refractivity contribution in [3.8, 4) is 5.75 Å². The molecule has 3 heteroatoms. The summed E-state index contributed by atoms with van der Waals surface area (Å²) in [6.07, 6.45) is 1.85. The Bertz CT molecular complexity index is 340. The molecule has 3 nitrogen and oxygen atoms in total. The summed E-state index contributed by atoms with van der Waals surface area (Å²) < 4.78 is 5.32. The Hall–Kier alpha value is -1.06. The molecule has 1 atom stereocenters. The number of hydrogen-bond donors (Lipinski definition) is 1. The van der Waals surface area contributed by atoms with Gasteiger partial charge in [-0.25, -0.2) is 0 Å². The number of rotatable bonds is 3. The van der Waals surface area contributed by atoms with Crippen LogP contribution in [0.3, 0.4) is 0 Å². The number of β-amino-alcohol motifs (C(OH)–C–C–N with tert-alkyl or cyclic N) is 1. The lowest BCUT2D eigenvalue weighted by molar-refractivity contribution is 0.0664. The summed E-state index contributed by atoms with van der Waals surface area (Å²) in [6.45, 7) is 2.70. The summed E-state index contributed by atoms with van der Waals surface area (Å²) in [5.41, 5.74) is 1.19. The molecule has 0 bridgehead atoms. The Kier molecular flexibility index (Phi) is 3.80. The summed E-state index contributed by atoms with van der Waals surface area (Å²) in [6, 6.07) is 8.07. The third-order valence-corrected chi connectivity index (χ3v) is 3.07. The third kappa shape index (κ3) is 2.74. The number of piperidine rings is 1. The van der Waals surface area contributed by atoms with Crippen molar-refractivity contribution in [3.05, 3.63) is 29.8 Å². The average molecular weight is 221 g/mol. The van der Waals surface area contributed by atoms with Gasteiger partial charge in [-0.05, 0) is 25.5 Å². The number of aliphatic hydroxyl groups is 1. The first-order chi connectivity index (χ1) is 7.79. The Balaban J connectivity index is 2.02. The van der Waals surface area contributed by atoms with Crippen LogP contribution in [0.2, 0.25) is 0 Å². The quantitative estimate of drug-likeness (QED) is 0.842. The molecular weight excluding hydrogens is 202 g/mol. The van der Waals surface area contributed by atoms with E-state index in [9.17, 15) is 5.11 Å². The van der Waals surface area contributed by atoms with Gasteiger partial charge in [0.2, 0.25) is 0 Å². The maximum absolute atomic E-state index is 9.61. The van der Waals surface area contributed by atoms with E-state index in [1.807, 2.05) is 18.2 Å². The SMILES string of the molecule is COc1ccccc1CN1CCC[C@@H](O)C1. The van der Waals surface area contributed by atoms with Crippen LogP contribution in [0.5, 0.6) is 5.75 Å². The predicted octanol–water partition coefficient (Wildman–Crippen LogP) is 1.65. The Labute approximate surface area is 96.6 Å². The van der Waals surface area contributed by atoms with Gasteiger partial charge in [0.1, 0.15) is 5.75 Å². The molecule has 88 valence electrons. The lowest BCUT2D eigenvalue weighted by Crippen LogP contribution is -2.37. The van der Waals surface area contributed by atoms with E-state index in [-0.39, 0.29) is 6.10 Å². The van der Waals surface area contributed by atoms with E-state index < -0.39 is 0 Å². The Morgan fingerprint density at radius 2 is 2.25 bits per heavy atom. The van der Waals surface area contributed by atoms with E-state index in [1.54, 1.807) is 7.11 Å². The fourth-order valence-corrected chi connectivity index (χ4v) is 2.25. The van der Waals surface area contributed by atoms with Gasteiger partial charge >= 0.3 is 0 Å². The fraction of sp³-hybridized carbons (Fsp3) is 0.538. The van der Waals surface area contributed by atoms with Crippen molar-refractivity contribution in [2.24, 2.45) is 0 Å². The van der Waals surface area contributed by atoms with Crippen LogP contribution in [0.25, 0.3) is 0 Å². The number of aliphatic hydroxyl groups excluding tert-OH is 1. The van der Waals surface area contributed by atoms with Crippen LogP contribution in [0.15, 0.2) is 24.3 Å². The lowest BCUT2D eigenvalue weighted by Gasteiger charge is -2.30. The molecule has 2 rings (SSSR count). The second kappa shape index (κ2) is 5.32. The molecule has 0 aromatic heterocycles. The molecule has 0 spiro atoms. The van der Waals surface area contributed by atoms with Gasteiger partial charge in [0.05, 0.1) is 13.2 Å². The van der Waals surface area contributed by atoms with Gasteiger partial charge in [-0.15, -0.1) is 0 Å². The molecule has 0 radical (unpaired) electrons. The first kappa shape index (κ1) is 11.4. The molecule has 0 amide bonds. The molecule has 1 saturated heterocycles. The zero-order valence-corrected chi connectivity index (χ0v) is 9.72. The smallest absolute Gasteiger partial charge is 0.123 e. The summed E-state index contributed by atoms with van der Waals surface area (Å²) in [4.78, 5) is 2.28. The van der Waals surface area contributed by atoms with E-state index in [0.717, 1.165) is 38.2 Å². The molecule has 1 aliphatic rings. The number of benzene rings is 1. The second-order valence-corrected chi connectivity index (χ2v) is 4.34. The maximum atomic E-state index is 9.61. The number of para-hydroxylation sites is 1. The largest absolute Gasteiger partial charge is 0.496 e. The minimum absolute atomic E-state index is 0.163. The molecule has 1 heterocycles. The van der Waals surface area contributed by atoms with Crippen molar-refractivity contribution >= 4 is 0 Å². The highest BCUT2D eigenvalue weighted by molar-refractivity contribution is 5.33. The van der Waals surface area contributed by atoms with Crippen molar-refractivity contribution in [1.82, 2.24) is 4.90 Å². The molecule has 1 aromatic carbocycles. The van der Waals surface area contributed by atoms with Crippen LogP contribution >= 0.6 is 0 Å². The first-order valence-corrected chi connectivity index (χ1v) is 5.82. The van der Waals surface area contributed by atoms with Gasteiger partial charge in [-0.3, -0.25) is 4.90 Å². The van der Waals surface area contributed by atoms with Crippen LogP contribution < -0.4 is 4.74 Å². The molecule has 0 saturated carbocycles. The van der Waals surface area contributed by atoms with Gasteiger partial charge in [-0.1, -0.05) is 18.2 Å². The predicted molar refractivity (Wildman–Crippen MR) is 63.5 cm³/mol. The zero-order chi connectivity index (χ0) is 11.4. The summed E-state index contributed by atoms with van der Waals surface area (Å²) in [7, 11) is 1.70. The van der Waals surface area contributed by atoms with Crippen molar-refractivity contribution in [2.75, 3.05) is 20.2 Å². The van der Waals surface area contributed by atoms with Crippen LogP contribution in [-0.2, 0) is 6.54 Å². The Morgan fingerprint density at radius 3 is 3.00 bits per heavy atom. The highest BCUT2D eigenvalue weighted by Crippen LogP contribution is 2.21. The monoisotopic (exact) mass is 221 g/mol. The van der Waals surface area contributed by atoms with Crippen molar-refractivity contribution in [2.45, 2.75) is 25.5 Å². The van der Waals surface area contributed by atoms with Crippen molar-refractivity contribution in [3.63, 3.8) is 0 Å². The molecule has 1 N–H and O–H groups in total. The minimum atomic E-state index is -0.163. The van der Waals surface area contributed by atoms with Gasteiger partial charge < -0.3 is 9.84 Å². The molecule has 0 unspecified atom stereocenters. The van der Waals surface area contributed by atoms with E-state index >= 15 is 0 Å². The summed E-state index contributed by atoms with van der Waals surface area (Å²) >= 11 is 0. The van der Waals surface area contributed by atoms with Gasteiger partial charge in [0.25, 0.3) is 0 Å². The summed E-state index contributed by atoms with van der Waals surface area (Å²) in [5, 5.41) is 9.61. The zero-order valence-electron chi connectivity index (χ0n) is 9.72. The van der Waals surface area contributed by atoms with E-state index in [1.165, 1.54) is 5.56 Å². The maximum Gasteiger partial charge on any atom is 0.123 e. The first-order valence-electron chi connectivity index (χ1n) is 5.82. The third-order valence-electron chi connectivity index (χ3n) is 3.07. The van der Waals surface area contributed by atoms with Crippen molar-refractivity contribution in [1.29, 1.82) is 0 Å². The Morgan fingerprint density at radius 1 is 1.44 bits per heavy atom. The number of ether oxygens (including phenoxy) is 1. The number of nitrogens with zero attached hydrogens (tertiary/aromatic N) is 1. The lowest BCUT2D eigenvalue weighted by atomic mass is 10.1. The highest BCUT2D eigenvalue weighted by atomic mass is 16.5.